The molecule has 1 amide bonds. The van der Waals surface area contributed by atoms with Crippen molar-refractivity contribution in [2.75, 3.05) is 43.5 Å². The average molecular weight is 481 g/mol. The van der Waals surface area contributed by atoms with E-state index in [-0.39, 0.29) is 13.1 Å². The van der Waals surface area contributed by atoms with Gasteiger partial charge in [0.05, 0.1) is 42.5 Å². The van der Waals surface area contributed by atoms with Gasteiger partial charge >= 0.3 is 6.18 Å². The molecule has 1 saturated heterocycles. The molecular weight excluding hydrogens is 457 g/mol. The summed E-state index contributed by atoms with van der Waals surface area (Å²) in [7, 11) is 0. The summed E-state index contributed by atoms with van der Waals surface area (Å²) < 4.78 is 46.7. The molecule has 1 N–H and O–H groups in total. The van der Waals surface area contributed by atoms with Crippen molar-refractivity contribution in [3.63, 3.8) is 0 Å². The molecule has 2 aromatic heterocycles. The molecule has 1 aliphatic rings. The Kier molecular flexibility index (Phi) is 7.03. The Balaban J connectivity index is 1.53. The number of fused-ring (bicyclic) bond motifs is 1. The van der Waals surface area contributed by atoms with Crippen LogP contribution in [0.1, 0.15) is 22.8 Å². The van der Waals surface area contributed by atoms with Gasteiger partial charge in [0, 0.05) is 19.6 Å². The first-order valence-corrected chi connectivity index (χ1v) is 11.5. The Bertz CT molecular complexity index is 1130. The molecule has 33 heavy (non-hydrogen) atoms. The molecule has 176 valence electrons. The normalized spacial score (nSPS) is 14.6. The maximum Gasteiger partial charge on any atom is 0.417 e. The third kappa shape index (κ3) is 5.22. The first-order valence-electron chi connectivity index (χ1n) is 10.5. The van der Waals surface area contributed by atoms with Crippen molar-refractivity contribution in [3.8, 4) is 0 Å². The monoisotopic (exact) mass is 480 g/mol. The van der Waals surface area contributed by atoms with Gasteiger partial charge in [0.15, 0.2) is 10.8 Å². The van der Waals surface area contributed by atoms with Crippen molar-refractivity contribution in [3.05, 3.63) is 41.6 Å². The molecule has 4 rings (SSSR count). The number of benzene rings is 1. The summed E-state index contributed by atoms with van der Waals surface area (Å²) in [6, 6.07) is 4.72. The number of nitrogens with one attached hydrogen (secondary N) is 1. The zero-order chi connectivity index (χ0) is 23.4. The molecule has 0 aliphatic carbocycles. The Hall–Kier alpha value is -2.86. The van der Waals surface area contributed by atoms with Crippen LogP contribution in [0.3, 0.4) is 0 Å². The summed E-state index contributed by atoms with van der Waals surface area (Å²) in [6.07, 6.45) is -2.92. The molecule has 0 radical (unpaired) electrons. The number of carbonyl (C=O) groups excluding carboxylic acids is 1. The number of anilines is 1. The first-order chi connectivity index (χ1) is 15.9. The van der Waals surface area contributed by atoms with Crippen LogP contribution in [0.25, 0.3) is 11.0 Å². The molecule has 0 saturated carbocycles. The highest BCUT2D eigenvalue weighted by Gasteiger charge is 2.34. The summed E-state index contributed by atoms with van der Waals surface area (Å²) in [5, 5.41) is 8.36. The number of carbonyl (C=O) groups is 1. The van der Waals surface area contributed by atoms with Crippen LogP contribution >= 0.6 is 11.8 Å². The van der Waals surface area contributed by atoms with Gasteiger partial charge in [0.2, 0.25) is 0 Å². The zero-order valence-electron chi connectivity index (χ0n) is 17.9. The highest BCUT2D eigenvalue weighted by molar-refractivity contribution is 7.99. The van der Waals surface area contributed by atoms with Crippen molar-refractivity contribution in [1.29, 1.82) is 0 Å². The number of ether oxygens (including phenoxy) is 1. The van der Waals surface area contributed by atoms with Gasteiger partial charge in [0.25, 0.3) is 5.91 Å². The van der Waals surface area contributed by atoms with Gasteiger partial charge in [0.1, 0.15) is 5.82 Å². The molecule has 0 bridgehead atoms. The Labute approximate surface area is 192 Å². The SMILES string of the molecule is CCSc1nc(N2CCOCC2)c2cnn(CCNC(=O)c3ccccc3C(F)(F)F)c2n1. The van der Waals surface area contributed by atoms with Gasteiger partial charge in [-0.25, -0.2) is 14.6 Å². The lowest BCUT2D eigenvalue weighted by atomic mass is 10.1. The molecule has 1 aliphatic heterocycles. The van der Waals surface area contributed by atoms with Crippen LogP contribution in [0.2, 0.25) is 0 Å². The smallest absolute Gasteiger partial charge is 0.378 e. The molecule has 0 unspecified atom stereocenters. The Morgan fingerprint density at radius 2 is 1.97 bits per heavy atom. The first kappa shape index (κ1) is 23.3. The van der Waals surface area contributed by atoms with Crippen LogP contribution in [0.5, 0.6) is 0 Å². The molecular formula is C21H23F3N6O2S. The molecule has 0 atom stereocenters. The molecule has 0 spiro atoms. The van der Waals surface area contributed by atoms with Gasteiger partial charge in [-0.05, 0) is 17.9 Å². The second-order valence-electron chi connectivity index (χ2n) is 7.27. The van der Waals surface area contributed by atoms with Crippen molar-refractivity contribution >= 4 is 34.5 Å². The number of nitrogens with zero attached hydrogens (tertiary/aromatic N) is 5. The van der Waals surface area contributed by atoms with Crippen LogP contribution < -0.4 is 10.2 Å². The average Bonchev–Trinajstić information content (AvgIpc) is 3.21. The van der Waals surface area contributed by atoms with E-state index in [0.717, 1.165) is 29.1 Å². The molecule has 3 aromatic rings. The number of hydrogen-bond acceptors (Lipinski definition) is 7. The summed E-state index contributed by atoms with van der Waals surface area (Å²) >= 11 is 1.51. The number of alkyl halides is 3. The fraction of sp³-hybridized carbons (Fsp3) is 0.429. The van der Waals surface area contributed by atoms with Crippen LogP contribution in [-0.4, -0.2) is 64.3 Å². The number of thioether (sulfide) groups is 1. The van der Waals surface area contributed by atoms with Crippen molar-refractivity contribution in [2.45, 2.75) is 24.8 Å². The summed E-state index contributed by atoms with van der Waals surface area (Å²) in [5.41, 5.74) is -0.752. The van der Waals surface area contributed by atoms with E-state index < -0.39 is 23.2 Å². The van der Waals surface area contributed by atoms with Crippen molar-refractivity contribution < 1.29 is 22.7 Å². The minimum atomic E-state index is -4.60. The van der Waals surface area contributed by atoms with Gasteiger partial charge in [-0.15, -0.1) is 0 Å². The van der Waals surface area contributed by atoms with E-state index >= 15 is 0 Å². The molecule has 3 heterocycles. The molecule has 12 heteroatoms. The topological polar surface area (TPSA) is 85.2 Å². The number of rotatable bonds is 7. The van der Waals surface area contributed by atoms with Gasteiger partial charge in [-0.3, -0.25) is 4.79 Å². The van der Waals surface area contributed by atoms with Crippen LogP contribution in [0.4, 0.5) is 19.0 Å². The lowest BCUT2D eigenvalue weighted by molar-refractivity contribution is -0.137. The number of hydrogen-bond donors (Lipinski definition) is 1. The van der Waals surface area contributed by atoms with Gasteiger partial charge < -0.3 is 15.0 Å². The number of halogens is 3. The van der Waals surface area contributed by atoms with E-state index in [1.807, 2.05) is 6.92 Å². The maximum atomic E-state index is 13.2. The zero-order valence-corrected chi connectivity index (χ0v) is 18.7. The third-order valence-corrected chi connectivity index (χ3v) is 5.86. The number of aromatic nitrogens is 4. The fourth-order valence-corrected chi connectivity index (χ4v) is 4.15. The predicted octanol–water partition coefficient (Wildman–Crippen LogP) is 3.22. The van der Waals surface area contributed by atoms with E-state index in [9.17, 15) is 18.0 Å². The van der Waals surface area contributed by atoms with E-state index in [1.165, 1.54) is 23.9 Å². The minimum Gasteiger partial charge on any atom is -0.378 e. The van der Waals surface area contributed by atoms with E-state index in [1.54, 1.807) is 10.9 Å². The lowest BCUT2D eigenvalue weighted by Crippen LogP contribution is -2.37. The maximum absolute atomic E-state index is 13.2. The molecule has 1 fully saturated rings. The van der Waals surface area contributed by atoms with Gasteiger partial charge in [-0.1, -0.05) is 30.8 Å². The Morgan fingerprint density at radius 1 is 1.21 bits per heavy atom. The quantitative estimate of drug-likeness (QED) is 0.411. The van der Waals surface area contributed by atoms with Crippen molar-refractivity contribution in [1.82, 2.24) is 25.1 Å². The standard InChI is InChI=1S/C21H23F3N6O2S/c1-2-33-20-27-17(29-9-11-32-12-10-29)15-13-26-30(18(15)28-20)8-7-25-19(31)14-5-3-4-6-16(14)21(22,23)24/h3-6,13H,2,7-12H2,1H3,(H,25,31). The summed E-state index contributed by atoms with van der Waals surface area (Å²) in [6.45, 7) is 5.00. The third-order valence-electron chi connectivity index (χ3n) is 5.13. The van der Waals surface area contributed by atoms with Crippen LogP contribution in [0.15, 0.2) is 35.6 Å². The minimum absolute atomic E-state index is 0.0922. The van der Waals surface area contributed by atoms with E-state index in [4.69, 9.17) is 9.72 Å². The van der Waals surface area contributed by atoms with E-state index in [2.05, 4.69) is 20.3 Å². The molecule has 1 aromatic carbocycles. The van der Waals surface area contributed by atoms with Gasteiger partial charge in [-0.2, -0.15) is 18.3 Å². The van der Waals surface area contributed by atoms with Crippen LogP contribution in [-0.2, 0) is 17.5 Å². The summed E-state index contributed by atoms with van der Waals surface area (Å²) in [4.78, 5) is 23.9. The fourth-order valence-electron chi connectivity index (χ4n) is 3.59. The number of morpholine rings is 1. The second kappa shape index (κ2) is 9.96. The highest BCUT2D eigenvalue weighted by atomic mass is 32.2. The molecule has 8 nitrogen and oxygen atoms in total. The largest absolute Gasteiger partial charge is 0.417 e. The predicted molar refractivity (Wildman–Crippen MR) is 119 cm³/mol. The Morgan fingerprint density at radius 3 is 2.70 bits per heavy atom. The van der Waals surface area contributed by atoms with Crippen LogP contribution in [0, 0.1) is 0 Å². The van der Waals surface area contributed by atoms with Crippen molar-refractivity contribution in [2.24, 2.45) is 0 Å². The number of amides is 1. The second-order valence-corrected chi connectivity index (χ2v) is 8.50. The highest BCUT2D eigenvalue weighted by Crippen LogP contribution is 2.32. The van der Waals surface area contributed by atoms with E-state index in [0.29, 0.717) is 37.1 Å². The summed E-state index contributed by atoms with van der Waals surface area (Å²) in [5.74, 6) is 0.801. The lowest BCUT2D eigenvalue weighted by Gasteiger charge is -2.28.